The Balaban J connectivity index is 1.34. The first-order valence-corrected chi connectivity index (χ1v) is 20.5. The van der Waals surface area contributed by atoms with Crippen LogP contribution in [0.3, 0.4) is 0 Å². The van der Waals surface area contributed by atoms with Crippen molar-refractivity contribution in [1.82, 2.24) is 0 Å². The van der Waals surface area contributed by atoms with Crippen LogP contribution in [0.15, 0.2) is 109 Å². The SMILES string of the molecule is CCCOc1c2cccc1Cc1cc(NC(=O)Nc3ccc(C)cc3)cc(c1O)Cc1cccc(c1OCCC)Cc1cc(NC(=O)Nc3ccc(C)cc3)cc(c1O)C2. The van der Waals surface area contributed by atoms with Crippen LogP contribution in [0.2, 0.25) is 0 Å². The van der Waals surface area contributed by atoms with Gasteiger partial charge in [0.05, 0.1) is 13.2 Å². The van der Waals surface area contributed by atoms with E-state index < -0.39 is 12.1 Å². The van der Waals surface area contributed by atoms with Gasteiger partial charge >= 0.3 is 12.1 Å². The predicted molar refractivity (Wildman–Crippen MR) is 240 cm³/mol. The van der Waals surface area contributed by atoms with Crippen LogP contribution in [-0.2, 0) is 25.7 Å². The van der Waals surface area contributed by atoms with E-state index >= 15 is 0 Å². The van der Waals surface area contributed by atoms with Gasteiger partial charge in [0.1, 0.15) is 23.0 Å². The number of carbonyl (C=O) groups excluding carboxylic acids is 2. The van der Waals surface area contributed by atoms with Gasteiger partial charge in [0, 0.05) is 70.7 Å². The molecule has 0 heterocycles. The molecule has 1 aliphatic rings. The van der Waals surface area contributed by atoms with Crippen molar-refractivity contribution in [3.8, 4) is 23.0 Å². The van der Waals surface area contributed by atoms with Crippen molar-refractivity contribution in [3.05, 3.63) is 165 Å². The van der Waals surface area contributed by atoms with Crippen LogP contribution in [-0.4, -0.2) is 35.5 Å². The van der Waals surface area contributed by atoms with Crippen molar-refractivity contribution in [2.24, 2.45) is 0 Å². The van der Waals surface area contributed by atoms with Crippen molar-refractivity contribution in [2.45, 2.75) is 66.2 Å². The molecule has 7 rings (SSSR count). The van der Waals surface area contributed by atoms with Gasteiger partial charge in [0.2, 0.25) is 0 Å². The summed E-state index contributed by atoms with van der Waals surface area (Å²) in [5.41, 5.74) is 10.3. The summed E-state index contributed by atoms with van der Waals surface area (Å²) in [6, 6.07) is 33.3. The van der Waals surface area contributed by atoms with Crippen molar-refractivity contribution >= 4 is 34.8 Å². The minimum absolute atomic E-state index is 0.118. The standard InChI is InChI=1S/C50H52N4O6/c1-5-21-59-47-33-9-7-10-34(47)24-38-28-44(54-50(58)52-42-19-15-32(4)16-20-42)30-40(46(38)56)26-36-12-8-11-35(48(36)60-22-6-2)25-39-29-43(27-37(23-33)45(39)55)53-49(57)51-41-17-13-31(3)14-18-41/h7-20,27-30,55-56H,5-6,21-26H2,1-4H3,(H2,51,53,57)(H2,52,54,58). The number of carbonyl (C=O) groups is 2. The molecule has 0 atom stereocenters. The molecule has 0 unspecified atom stereocenters. The van der Waals surface area contributed by atoms with E-state index in [-0.39, 0.29) is 37.2 Å². The summed E-state index contributed by atoms with van der Waals surface area (Å²) in [6.07, 6.45) is 2.69. The number of amides is 4. The van der Waals surface area contributed by atoms with Gasteiger partial charge in [0.25, 0.3) is 0 Å². The van der Waals surface area contributed by atoms with Gasteiger partial charge in [-0.3, -0.25) is 0 Å². The number of para-hydroxylation sites is 2. The average Bonchev–Trinajstić information content (AvgIpc) is 3.22. The molecule has 6 N–H and O–H groups in total. The van der Waals surface area contributed by atoms with Crippen molar-refractivity contribution in [1.29, 1.82) is 0 Å². The predicted octanol–water partition coefficient (Wildman–Crippen LogP) is 11.3. The number of ether oxygens (including phenoxy) is 2. The van der Waals surface area contributed by atoms with Crippen LogP contribution in [0.5, 0.6) is 23.0 Å². The van der Waals surface area contributed by atoms with Gasteiger partial charge in [-0.15, -0.1) is 0 Å². The number of aromatic hydroxyl groups is 2. The number of benzene rings is 6. The summed E-state index contributed by atoms with van der Waals surface area (Å²) in [6.45, 7) is 8.97. The van der Waals surface area contributed by atoms with Gasteiger partial charge in [-0.05, 0) is 97.5 Å². The molecule has 1 aliphatic carbocycles. The van der Waals surface area contributed by atoms with Crippen molar-refractivity contribution < 1.29 is 29.3 Å². The number of phenols is 2. The first-order chi connectivity index (χ1) is 29.1. The zero-order chi connectivity index (χ0) is 42.2. The van der Waals surface area contributed by atoms with E-state index in [0.29, 0.717) is 69.7 Å². The van der Waals surface area contributed by atoms with Gasteiger partial charge in [0.15, 0.2) is 0 Å². The molecule has 0 radical (unpaired) electrons. The maximum Gasteiger partial charge on any atom is 0.323 e. The zero-order valence-corrected chi connectivity index (χ0v) is 34.6. The lowest BCUT2D eigenvalue weighted by molar-refractivity contribution is 0.261. The summed E-state index contributed by atoms with van der Waals surface area (Å²) >= 11 is 0. The second-order valence-electron chi connectivity index (χ2n) is 15.4. The molecule has 10 heteroatoms. The fourth-order valence-electron chi connectivity index (χ4n) is 7.50. The lowest BCUT2D eigenvalue weighted by atomic mass is 9.91. The minimum atomic E-state index is -0.408. The topological polar surface area (TPSA) is 141 Å². The largest absolute Gasteiger partial charge is 0.507 e. The van der Waals surface area contributed by atoms with Crippen LogP contribution in [0.25, 0.3) is 0 Å². The Kier molecular flexibility index (Phi) is 12.9. The molecule has 308 valence electrons. The Labute approximate surface area is 351 Å². The fourth-order valence-corrected chi connectivity index (χ4v) is 7.50. The Morgan fingerprint density at radius 1 is 0.467 bits per heavy atom. The molecule has 0 aromatic heterocycles. The summed E-state index contributed by atoms with van der Waals surface area (Å²) in [7, 11) is 0. The molecule has 0 fully saturated rings. The quantitative estimate of drug-likeness (QED) is 0.0761. The number of urea groups is 2. The van der Waals surface area contributed by atoms with E-state index in [1.54, 1.807) is 24.3 Å². The van der Waals surface area contributed by atoms with Gasteiger partial charge in [-0.1, -0.05) is 85.6 Å². The molecular formula is C50H52N4O6. The zero-order valence-electron chi connectivity index (χ0n) is 34.6. The van der Waals surface area contributed by atoms with Crippen LogP contribution >= 0.6 is 0 Å². The minimum Gasteiger partial charge on any atom is -0.507 e. The second-order valence-corrected chi connectivity index (χ2v) is 15.4. The van der Waals surface area contributed by atoms with Crippen LogP contribution in [0, 0.1) is 13.8 Å². The molecule has 0 spiro atoms. The van der Waals surface area contributed by atoms with Crippen LogP contribution < -0.4 is 30.7 Å². The summed E-state index contributed by atoms with van der Waals surface area (Å²) in [5, 5.41) is 35.9. The van der Waals surface area contributed by atoms with Crippen molar-refractivity contribution in [2.75, 3.05) is 34.5 Å². The molecule has 8 bridgehead atoms. The summed E-state index contributed by atoms with van der Waals surface area (Å²) < 4.78 is 12.9. The first kappa shape index (κ1) is 41.2. The third-order valence-electron chi connectivity index (χ3n) is 10.5. The molecule has 6 aromatic carbocycles. The number of hydrogen-bond acceptors (Lipinski definition) is 6. The van der Waals surface area contributed by atoms with E-state index in [1.807, 2.05) is 113 Å². The van der Waals surface area contributed by atoms with Crippen molar-refractivity contribution in [3.63, 3.8) is 0 Å². The highest BCUT2D eigenvalue weighted by Gasteiger charge is 2.22. The molecule has 4 amide bonds. The third kappa shape index (κ3) is 10.0. The van der Waals surface area contributed by atoms with E-state index in [0.717, 1.165) is 46.2 Å². The lowest BCUT2D eigenvalue weighted by Crippen LogP contribution is -2.19. The highest BCUT2D eigenvalue weighted by molar-refractivity contribution is 6.00. The average molecular weight is 805 g/mol. The third-order valence-corrected chi connectivity index (χ3v) is 10.5. The van der Waals surface area contributed by atoms with E-state index in [9.17, 15) is 19.8 Å². The smallest absolute Gasteiger partial charge is 0.323 e. The number of nitrogens with one attached hydrogen (secondary N) is 4. The maximum absolute atomic E-state index is 13.4. The number of anilines is 4. The van der Waals surface area contributed by atoms with Crippen LogP contribution in [0.4, 0.5) is 32.3 Å². The molecule has 10 nitrogen and oxygen atoms in total. The first-order valence-electron chi connectivity index (χ1n) is 20.5. The number of aryl methyl sites for hydroxylation is 2. The Morgan fingerprint density at radius 2 is 0.767 bits per heavy atom. The Morgan fingerprint density at radius 3 is 1.07 bits per heavy atom. The van der Waals surface area contributed by atoms with Gasteiger partial charge in [-0.25, -0.2) is 9.59 Å². The maximum atomic E-state index is 13.4. The normalized spacial score (nSPS) is 11.9. The second kappa shape index (κ2) is 18.8. The van der Waals surface area contributed by atoms with E-state index in [4.69, 9.17) is 9.47 Å². The Bertz CT molecular complexity index is 2230. The fraction of sp³-hybridized carbons (Fsp3) is 0.240. The molecule has 0 saturated heterocycles. The Hall–Kier alpha value is -6.94. The lowest BCUT2D eigenvalue weighted by Gasteiger charge is -2.21. The van der Waals surface area contributed by atoms with E-state index in [2.05, 4.69) is 21.3 Å². The number of fused-ring (bicyclic) bond motifs is 8. The number of phenolic OH excluding ortho intramolecular Hbond substituents is 2. The molecule has 6 aromatic rings. The highest BCUT2D eigenvalue weighted by atomic mass is 16.5. The van der Waals surface area contributed by atoms with Gasteiger partial charge < -0.3 is 41.0 Å². The monoisotopic (exact) mass is 804 g/mol. The summed E-state index contributed by atoms with van der Waals surface area (Å²) in [4.78, 5) is 26.7. The molecular weight excluding hydrogens is 753 g/mol. The highest BCUT2D eigenvalue weighted by Crippen LogP contribution is 2.40. The molecule has 0 aliphatic heterocycles. The van der Waals surface area contributed by atoms with Gasteiger partial charge in [-0.2, -0.15) is 0 Å². The summed E-state index contributed by atoms with van der Waals surface area (Å²) in [5.74, 6) is 1.54. The number of hydrogen-bond donors (Lipinski definition) is 6. The van der Waals surface area contributed by atoms with Crippen LogP contribution in [0.1, 0.15) is 82.3 Å². The molecule has 0 saturated carbocycles. The number of rotatable bonds is 10. The van der Waals surface area contributed by atoms with E-state index in [1.165, 1.54) is 0 Å². The molecule has 60 heavy (non-hydrogen) atoms.